The minimum atomic E-state index is 0.471. The number of hydrogen-bond acceptors (Lipinski definition) is 3. The molecule has 1 aliphatic carbocycles. The molecule has 2 N–H and O–H groups in total. The smallest absolute Gasteiger partial charge is 0.0235 e. The van der Waals surface area contributed by atoms with Crippen molar-refractivity contribution >= 4 is 0 Å². The van der Waals surface area contributed by atoms with Crippen LogP contribution in [0.2, 0.25) is 0 Å². The Kier molecular flexibility index (Phi) is 3.69. The van der Waals surface area contributed by atoms with Gasteiger partial charge in [0.2, 0.25) is 0 Å². The zero-order valence-corrected chi connectivity index (χ0v) is 11.0. The quantitative estimate of drug-likeness (QED) is 0.799. The first kappa shape index (κ1) is 11.9. The fourth-order valence-electron chi connectivity index (χ4n) is 3.37. The molecule has 0 aromatic carbocycles. The lowest BCUT2D eigenvalue weighted by Crippen LogP contribution is -2.46. The lowest BCUT2D eigenvalue weighted by molar-refractivity contribution is 0.152. The Morgan fingerprint density at radius 2 is 1.71 bits per heavy atom. The van der Waals surface area contributed by atoms with E-state index in [1.807, 2.05) is 0 Å². The summed E-state index contributed by atoms with van der Waals surface area (Å²) in [5.74, 6) is 1.09. The third-order valence-electron chi connectivity index (χ3n) is 4.89. The van der Waals surface area contributed by atoms with Crippen molar-refractivity contribution in [1.82, 2.24) is 9.80 Å². The molecule has 3 rings (SSSR count). The molecule has 1 saturated carbocycles. The van der Waals surface area contributed by atoms with Crippen LogP contribution in [0.5, 0.6) is 0 Å². The van der Waals surface area contributed by atoms with Gasteiger partial charge in [-0.05, 0) is 57.8 Å². The first-order valence-electron chi connectivity index (χ1n) is 7.53. The summed E-state index contributed by atoms with van der Waals surface area (Å²) >= 11 is 0. The van der Waals surface area contributed by atoms with Gasteiger partial charge in [-0.1, -0.05) is 12.8 Å². The van der Waals surface area contributed by atoms with Crippen molar-refractivity contribution in [3.8, 4) is 0 Å². The average Bonchev–Trinajstić information content (AvgIpc) is 3.06. The topological polar surface area (TPSA) is 32.5 Å². The molecule has 98 valence electrons. The van der Waals surface area contributed by atoms with Crippen LogP contribution in [-0.4, -0.2) is 54.6 Å². The zero-order valence-electron chi connectivity index (χ0n) is 11.0. The van der Waals surface area contributed by atoms with Crippen LogP contribution in [0.4, 0.5) is 0 Å². The van der Waals surface area contributed by atoms with Crippen molar-refractivity contribution in [2.45, 2.75) is 50.6 Å². The maximum Gasteiger partial charge on any atom is 0.0235 e. The Morgan fingerprint density at radius 3 is 2.41 bits per heavy atom. The fourth-order valence-corrected chi connectivity index (χ4v) is 3.37. The highest BCUT2D eigenvalue weighted by molar-refractivity contribution is 4.87. The Morgan fingerprint density at radius 1 is 0.941 bits per heavy atom. The predicted octanol–water partition coefficient (Wildman–Crippen LogP) is 1.28. The minimum absolute atomic E-state index is 0.471. The van der Waals surface area contributed by atoms with Gasteiger partial charge in [-0.3, -0.25) is 4.90 Å². The Hall–Kier alpha value is -0.120. The molecule has 0 spiro atoms. The van der Waals surface area contributed by atoms with Gasteiger partial charge < -0.3 is 10.6 Å². The second-order valence-electron chi connectivity index (χ2n) is 6.35. The standard InChI is InChI=1S/C14H27N3/c15-13-4-9-17(10-5-13)14-6-8-16(11-14)7-3-12-1-2-12/h12-14H,1-11,15H2. The van der Waals surface area contributed by atoms with Crippen LogP contribution < -0.4 is 5.73 Å². The first-order valence-corrected chi connectivity index (χ1v) is 7.53. The summed E-state index contributed by atoms with van der Waals surface area (Å²) in [5, 5.41) is 0. The number of rotatable bonds is 4. The molecule has 0 amide bonds. The molecule has 17 heavy (non-hydrogen) atoms. The number of likely N-dealkylation sites (tertiary alicyclic amines) is 2. The van der Waals surface area contributed by atoms with Gasteiger partial charge in [-0.25, -0.2) is 0 Å². The molecule has 3 nitrogen and oxygen atoms in total. The van der Waals surface area contributed by atoms with Crippen LogP contribution in [0.15, 0.2) is 0 Å². The second kappa shape index (κ2) is 5.25. The molecule has 0 aromatic rings. The molecule has 1 unspecified atom stereocenters. The molecular formula is C14H27N3. The maximum atomic E-state index is 5.97. The molecule has 2 aliphatic heterocycles. The van der Waals surface area contributed by atoms with Gasteiger partial charge in [-0.15, -0.1) is 0 Å². The molecule has 0 bridgehead atoms. The van der Waals surface area contributed by atoms with Gasteiger partial charge in [0.1, 0.15) is 0 Å². The van der Waals surface area contributed by atoms with Gasteiger partial charge in [0.05, 0.1) is 0 Å². The normalized spacial score (nSPS) is 33.4. The van der Waals surface area contributed by atoms with E-state index in [9.17, 15) is 0 Å². The van der Waals surface area contributed by atoms with Gasteiger partial charge in [0, 0.05) is 18.6 Å². The highest BCUT2D eigenvalue weighted by Gasteiger charge is 2.30. The van der Waals surface area contributed by atoms with Crippen molar-refractivity contribution in [1.29, 1.82) is 0 Å². The molecule has 3 fully saturated rings. The molecule has 0 aromatic heterocycles. The number of nitrogens with zero attached hydrogens (tertiary/aromatic N) is 2. The number of piperidine rings is 1. The van der Waals surface area contributed by atoms with Crippen LogP contribution in [0.1, 0.15) is 38.5 Å². The van der Waals surface area contributed by atoms with Crippen LogP contribution in [0, 0.1) is 5.92 Å². The highest BCUT2D eigenvalue weighted by atomic mass is 15.3. The monoisotopic (exact) mass is 237 g/mol. The Balaban J connectivity index is 1.40. The van der Waals surface area contributed by atoms with Crippen LogP contribution in [0.25, 0.3) is 0 Å². The summed E-state index contributed by atoms with van der Waals surface area (Å²) in [5.41, 5.74) is 5.97. The Bertz CT molecular complexity index is 244. The molecule has 0 radical (unpaired) electrons. The van der Waals surface area contributed by atoms with Crippen molar-refractivity contribution in [3.63, 3.8) is 0 Å². The van der Waals surface area contributed by atoms with E-state index < -0.39 is 0 Å². The van der Waals surface area contributed by atoms with Crippen molar-refractivity contribution in [3.05, 3.63) is 0 Å². The van der Waals surface area contributed by atoms with E-state index in [4.69, 9.17) is 5.73 Å². The predicted molar refractivity (Wildman–Crippen MR) is 71.0 cm³/mol. The molecular weight excluding hydrogens is 210 g/mol. The van der Waals surface area contributed by atoms with Crippen LogP contribution in [0.3, 0.4) is 0 Å². The summed E-state index contributed by atoms with van der Waals surface area (Å²) in [6.45, 7) is 6.49. The van der Waals surface area contributed by atoms with Gasteiger partial charge >= 0.3 is 0 Å². The van der Waals surface area contributed by atoms with E-state index in [1.165, 1.54) is 71.2 Å². The summed E-state index contributed by atoms with van der Waals surface area (Å²) < 4.78 is 0. The van der Waals surface area contributed by atoms with E-state index in [0.717, 1.165) is 12.0 Å². The lowest BCUT2D eigenvalue weighted by atomic mass is 10.0. The summed E-state index contributed by atoms with van der Waals surface area (Å²) in [6.07, 6.45) is 8.26. The highest BCUT2D eigenvalue weighted by Crippen LogP contribution is 2.33. The molecule has 2 saturated heterocycles. The summed E-state index contributed by atoms with van der Waals surface area (Å²) in [7, 11) is 0. The summed E-state index contributed by atoms with van der Waals surface area (Å²) in [6, 6.07) is 1.31. The van der Waals surface area contributed by atoms with Crippen molar-refractivity contribution in [2.24, 2.45) is 11.7 Å². The van der Waals surface area contributed by atoms with Crippen molar-refractivity contribution in [2.75, 3.05) is 32.7 Å². The molecule has 1 atom stereocenters. The minimum Gasteiger partial charge on any atom is -0.328 e. The molecule has 2 heterocycles. The second-order valence-corrected chi connectivity index (χ2v) is 6.35. The first-order chi connectivity index (χ1) is 8.31. The van der Waals surface area contributed by atoms with Crippen molar-refractivity contribution < 1.29 is 0 Å². The van der Waals surface area contributed by atoms with E-state index in [0.29, 0.717) is 6.04 Å². The van der Waals surface area contributed by atoms with Crippen LogP contribution in [-0.2, 0) is 0 Å². The third kappa shape index (κ3) is 3.21. The van der Waals surface area contributed by atoms with Gasteiger partial charge in [0.25, 0.3) is 0 Å². The zero-order chi connectivity index (χ0) is 11.7. The molecule has 3 heteroatoms. The van der Waals surface area contributed by atoms with Gasteiger partial charge in [-0.2, -0.15) is 0 Å². The largest absolute Gasteiger partial charge is 0.328 e. The van der Waals surface area contributed by atoms with E-state index in [1.54, 1.807) is 0 Å². The Labute approximate surface area is 105 Å². The third-order valence-corrected chi connectivity index (χ3v) is 4.89. The number of hydrogen-bond donors (Lipinski definition) is 1. The lowest BCUT2D eigenvalue weighted by Gasteiger charge is -2.34. The molecule has 3 aliphatic rings. The summed E-state index contributed by atoms with van der Waals surface area (Å²) in [4.78, 5) is 5.39. The maximum absolute atomic E-state index is 5.97. The van der Waals surface area contributed by atoms with Gasteiger partial charge in [0.15, 0.2) is 0 Å². The average molecular weight is 237 g/mol. The van der Waals surface area contributed by atoms with E-state index in [2.05, 4.69) is 9.80 Å². The SMILES string of the molecule is NC1CCN(C2CCN(CCC3CC3)C2)CC1. The fraction of sp³-hybridized carbons (Fsp3) is 1.00. The van der Waals surface area contributed by atoms with Crippen LogP contribution >= 0.6 is 0 Å². The van der Waals surface area contributed by atoms with E-state index in [-0.39, 0.29) is 0 Å². The van der Waals surface area contributed by atoms with E-state index >= 15 is 0 Å². The number of nitrogens with two attached hydrogens (primary N) is 1.